The number of rotatable bonds is 3. The van der Waals surface area contributed by atoms with Gasteiger partial charge in [-0.15, -0.1) is 0 Å². The average Bonchev–Trinajstić information content (AvgIpc) is 2.46. The number of carbonyl (C=O) groups excluding carboxylic acids is 1. The summed E-state index contributed by atoms with van der Waals surface area (Å²) in [6.45, 7) is 1.38. The Labute approximate surface area is 120 Å². The first kappa shape index (κ1) is 15.6. The largest absolute Gasteiger partial charge is 0.416 e. The van der Waals surface area contributed by atoms with E-state index in [-0.39, 0.29) is 11.3 Å². The average molecular weight is 302 g/mol. The molecule has 0 radical (unpaired) electrons. The normalized spacial score (nSPS) is 16.6. The lowest BCUT2D eigenvalue weighted by atomic mass is 10.1. The zero-order chi connectivity index (χ0) is 15.5. The van der Waals surface area contributed by atoms with Crippen molar-refractivity contribution in [2.75, 3.05) is 18.5 Å². The molecule has 1 aliphatic heterocycles. The molecule has 1 amide bonds. The summed E-state index contributed by atoms with van der Waals surface area (Å²) in [5, 5.41) is 1.71. The molecule has 0 spiro atoms. The molecular formula is C13H17F3N4O. The van der Waals surface area contributed by atoms with Crippen LogP contribution in [0.25, 0.3) is 0 Å². The van der Waals surface area contributed by atoms with Crippen LogP contribution in [0.3, 0.4) is 0 Å². The van der Waals surface area contributed by atoms with E-state index in [1.165, 1.54) is 0 Å². The fraction of sp³-hybridized carbons (Fsp3) is 0.462. The molecule has 0 aromatic heterocycles. The van der Waals surface area contributed by atoms with E-state index < -0.39 is 17.6 Å². The topological polar surface area (TPSA) is 70.4 Å². The van der Waals surface area contributed by atoms with Gasteiger partial charge in [0.2, 0.25) is 0 Å². The molecule has 0 saturated carbocycles. The van der Waals surface area contributed by atoms with Gasteiger partial charge in [-0.05, 0) is 31.0 Å². The Hall–Kier alpha value is -1.80. The molecule has 1 fully saturated rings. The Bertz CT molecular complexity index is 513. The van der Waals surface area contributed by atoms with Crippen molar-refractivity contribution in [3.8, 4) is 0 Å². The van der Waals surface area contributed by atoms with Crippen molar-refractivity contribution in [1.29, 1.82) is 0 Å². The number of halogens is 3. The number of piperidine rings is 1. The molecule has 8 heteroatoms. The number of amides is 1. The molecular weight excluding hydrogens is 285 g/mol. The van der Waals surface area contributed by atoms with E-state index >= 15 is 0 Å². The van der Waals surface area contributed by atoms with Crippen LogP contribution in [0.1, 0.15) is 35.2 Å². The van der Waals surface area contributed by atoms with E-state index in [0.717, 1.165) is 37.5 Å². The van der Waals surface area contributed by atoms with Crippen LogP contribution in [0.15, 0.2) is 18.2 Å². The summed E-state index contributed by atoms with van der Waals surface area (Å²) in [5.41, 5.74) is 4.01. The van der Waals surface area contributed by atoms with Crippen LogP contribution in [0.5, 0.6) is 0 Å². The summed E-state index contributed by atoms with van der Waals surface area (Å²) in [6, 6.07) is 2.83. The summed E-state index contributed by atoms with van der Waals surface area (Å²) in [6.07, 6.45) is -1.52. The van der Waals surface area contributed by atoms with Crippen molar-refractivity contribution >= 4 is 11.6 Å². The van der Waals surface area contributed by atoms with Crippen molar-refractivity contribution in [2.45, 2.75) is 25.4 Å². The number of nitrogens with two attached hydrogens (primary N) is 1. The number of hydrogen-bond acceptors (Lipinski definition) is 4. The fourth-order valence-electron chi connectivity index (χ4n) is 2.24. The lowest BCUT2D eigenvalue weighted by Gasteiger charge is -2.27. The molecule has 0 bridgehead atoms. The molecule has 0 aliphatic carbocycles. The molecule has 4 N–H and O–H groups in total. The van der Waals surface area contributed by atoms with Gasteiger partial charge in [-0.3, -0.25) is 16.1 Å². The van der Waals surface area contributed by atoms with E-state index in [4.69, 9.17) is 5.84 Å². The van der Waals surface area contributed by atoms with Gasteiger partial charge in [0.05, 0.1) is 16.8 Å². The van der Waals surface area contributed by atoms with Gasteiger partial charge in [-0.2, -0.15) is 13.2 Å². The van der Waals surface area contributed by atoms with Crippen molar-refractivity contribution in [2.24, 2.45) is 5.84 Å². The zero-order valence-electron chi connectivity index (χ0n) is 11.3. The van der Waals surface area contributed by atoms with Crippen LogP contribution < -0.4 is 16.7 Å². The summed E-state index contributed by atoms with van der Waals surface area (Å²) >= 11 is 0. The van der Waals surface area contributed by atoms with Crippen LogP contribution in [-0.2, 0) is 6.18 Å². The van der Waals surface area contributed by atoms with E-state index in [1.807, 2.05) is 0 Å². The quantitative estimate of drug-likeness (QED) is 0.591. The molecule has 1 saturated heterocycles. The van der Waals surface area contributed by atoms with Gasteiger partial charge in [-0.25, -0.2) is 5.01 Å². The van der Waals surface area contributed by atoms with E-state index in [9.17, 15) is 18.0 Å². The smallest absolute Gasteiger partial charge is 0.323 e. The van der Waals surface area contributed by atoms with Gasteiger partial charge in [-0.1, -0.05) is 6.42 Å². The number of nitrogens with zero attached hydrogens (tertiary/aromatic N) is 1. The van der Waals surface area contributed by atoms with Gasteiger partial charge in [0.1, 0.15) is 0 Å². The first-order valence-corrected chi connectivity index (χ1v) is 6.65. The number of hydrogen-bond donors (Lipinski definition) is 3. The molecule has 21 heavy (non-hydrogen) atoms. The minimum Gasteiger partial charge on any atom is -0.323 e. The third-order valence-corrected chi connectivity index (χ3v) is 3.36. The number of anilines is 1. The van der Waals surface area contributed by atoms with E-state index in [1.54, 1.807) is 5.01 Å². The lowest BCUT2D eigenvalue weighted by molar-refractivity contribution is -0.137. The number of carbonyl (C=O) groups is 1. The maximum atomic E-state index is 12.7. The summed E-state index contributed by atoms with van der Waals surface area (Å²) in [7, 11) is 0. The van der Waals surface area contributed by atoms with Crippen molar-refractivity contribution < 1.29 is 18.0 Å². The van der Waals surface area contributed by atoms with Gasteiger partial charge < -0.3 is 5.43 Å². The third kappa shape index (κ3) is 3.85. The summed E-state index contributed by atoms with van der Waals surface area (Å²) in [4.78, 5) is 12.2. The predicted octanol–water partition coefficient (Wildman–Crippen LogP) is 2.12. The highest BCUT2D eigenvalue weighted by molar-refractivity contribution is 5.99. The Balaban J connectivity index is 2.21. The monoisotopic (exact) mass is 302 g/mol. The standard InChI is InChI=1S/C13H17F3N4O/c14-13(15,16)9-4-5-11(18-17)10(8-9)12(21)19-20-6-2-1-3-7-20/h4-5,8,18H,1-3,6-7,17H2,(H,19,21). The molecule has 0 unspecified atom stereocenters. The van der Waals surface area contributed by atoms with Crippen molar-refractivity contribution in [3.05, 3.63) is 29.3 Å². The molecule has 1 aromatic carbocycles. The lowest BCUT2D eigenvalue weighted by Crippen LogP contribution is -2.45. The third-order valence-electron chi connectivity index (χ3n) is 3.36. The van der Waals surface area contributed by atoms with Gasteiger partial charge in [0, 0.05) is 13.1 Å². The number of alkyl halides is 3. The highest BCUT2D eigenvalue weighted by Gasteiger charge is 2.32. The van der Waals surface area contributed by atoms with Gasteiger partial charge in [0.25, 0.3) is 5.91 Å². The highest BCUT2D eigenvalue weighted by Crippen LogP contribution is 2.31. The van der Waals surface area contributed by atoms with Crippen LogP contribution in [-0.4, -0.2) is 24.0 Å². The van der Waals surface area contributed by atoms with E-state index in [2.05, 4.69) is 10.9 Å². The fourth-order valence-corrected chi connectivity index (χ4v) is 2.24. The number of nitrogens with one attached hydrogen (secondary N) is 2. The number of nitrogen functional groups attached to an aromatic ring is 1. The second-order valence-corrected chi connectivity index (χ2v) is 4.89. The Morgan fingerprint density at radius 1 is 1.19 bits per heavy atom. The first-order valence-electron chi connectivity index (χ1n) is 6.65. The molecule has 1 aliphatic rings. The second-order valence-electron chi connectivity index (χ2n) is 4.89. The van der Waals surface area contributed by atoms with Crippen LogP contribution in [0, 0.1) is 0 Å². The van der Waals surface area contributed by atoms with Crippen LogP contribution >= 0.6 is 0 Å². The molecule has 1 heterocycles. The maximum Gasteiger partial charge on any atom is 0.416 e. The first-order chi connectivity index (χ1) is 9.91. The highest BCUT2D eigenvalue weighted by atomic mass is 19.4. The molecule has 2 rings (SSSR count). The number of hydrazine groups is 2. The summed E-state index contributed by atoms with van der Waals surface area (Å²) < 4.78 is 38.2. The predicted molar refractivity (Wildman–Crippen MR) is 72.1 cm³/mol. The molecule has 0 atom stereocenters. The van der Waals surface area contributed by atoms with Crippen molar-refractivity contribution in [3.63, 3.8) is 0 Å². The Morgan fingerprint density at radius 2 is 1.86 bits per heavy atom. The molecule has 116 valence electrons. The maximum absolute atomic E-state index is 12.7. The van der Waals surface area contributed by atoms with E-state index in [0.29, 0.717) is 13.1 Å². The molecule has 1 aromatic rings. The molecule has 5 nitrogen and oxygen atoms in total. The van der Waals surface area contributed by atoms with Gasteiger partial charge in [0.15, 0.2) is 0 Å². The van der Waals surface area contributed by atoms with Crippen LogP contribution in [0.2, 0.25) is 0 Å². The minimum absolute atomic E-state index is 0.127. The number of benzene rings is 1. The second kappa shape index (κ2) is 6.31. The van der Waals surface area contributed by atoms with Crippen LogP contribution in [0.4, 0.5) is 18.9 Å². The Kier molecular flexibility index (Phi) is 4.69. The summed E-state index contributed by atoms with van der Waals surface area (Å²) in [5.74, 6) is 4.65. The zero-order valence-corrected chi connectivity index (χ0v) is 11.3. The Morgan fingerprint density at radius 3 is 2.43 bits per heavy atom. The van der Waals surface area contributed by atoms with Crippen molar-refractivity contribution in [1.82, 2.24) is 10.4 Å². The minimum atomic E-state index is -4.51. The van der Waals surface area contributed by atoms with Gasteiger partial charge >= 0.3 is 6.18 Å². The SMILES string of the molecule is NNc1ccc(C(F)(F)F)cc1C(=O)NN1CCCCC1.